The first-order chi connectivity index (χ1) is 5.65. The number of rotatable bonds is 1. The van der Waals surface area contributed by atoms with E-state index in [2.05, 4.69) is 26.1 Å². The lowest BCUT2D eigenvalue weighted by atomic mass is 10.2. The number of aromatic nitrogens is 1. The van der Waals surface area contributed by atoms with Crippen LogP contribution in [0.25, 0.3) is 0 Å². The second-order valence-electron chi connectivity index (χ2n) is 2.07. The van der Waals surface area contributed by atoms with Gasteiger partial charge in [0.1, 0.15) is 5.82 Å². The maximum absolute atomic E-state index is 8.37. The molecule has 0 fully saturated rings. The van der Waals surface area contributed by atoms with E-state index in [0.717, 1.165) is 4.47 Å². The Hall–Kier alpha value is -1.30. The fourth-order valence-electron chi connectivity index (χ4n) is 0.709. The van der Waals surface area contributed by atoms with Crippen LogP contribution in [-0.4, -0.2) is 16.0 Å². The quantitative estimate of drug-likeness (QED) is 0.284. The molecule has 12 heavy (non-hydrogen) atoms. The predicted molar refractivity (Wildman–Crippen MR) is 48.9 cm³/mol. The first-order valence-corrected chi connectivity index (χ1v) is 3.83. The van der Waals surface area contributed by atoms with Gasteiger partial charge in [0.15, 0.2) is 5.84 Å². The van der Waals surface area contributed by atoms with Crippen molar-refractivity contribution in [3.63, 3.8) is 0 Å². The molecule has 1 rings (SSSR count). The standard InChI is InChI=1S/C6H7BrN4O/c7-3-1-4(6(9)11-12)5(8)10-2-3/h1-2,12H,(H2,8,10)(H2,9,11). The molecule has 0 amide bonds. The van der Waals surface area contributed by atoms with Crippen LogP contribution in [0.4, 0.5) is 5.82 Å². The van der Waals surface area contributed by atoms with Crippen LogP contribution in [0, 0.1) is 0 Å². The Balaban J connectivity index is 3.23. The number of pyridine rings is 1. The van der Waals surface area contributed by atoms with Gasteiger partial charge in [0, 0.05) is 10.7 Å². The number of nitrogens with two attached hydrogens (primary N) is 2. The Kier molecular flexibility index (Phi) is 2.49. The van der Waals surface area contributed by atoms with Crippen molar-refractivity contribution in [3.8, 4) is 0 Å². The summed E-state index contributed by atoms with van der Waals surface area (Å²) in [7, 11) is 0. The van der Waals surface area contributed by atoms with E-state index in [1.807, 2.05) is 0 Å². The van der Waals surface area contributed by atoms with Gasteiger partial charge in [-0.1, -0.05) is 5.16 Å². The van der Waals surface area contributed by atoms with Gasteiger partial charge in [-0.05, 0) is 22.0 Å². The van der Waals surface area contributed by atoms with Gasteiger partial charge in [-0.2, -0.15) is 0 Å². The topological polar surface area (TPSA) is 97.5 Å². The van der Waals surface area contributed by atoms with Crippen LogP contribution in [0.15, 0.2) is 21.9 Å². The third-order valence-electron chi connectivity index (χ3n) is 1.27. The summed E-state index contributed by atoms with van der Waals surface area (Å²) in [6.45, 7) is 0. The van der Waals surface area contributed by atoms with Gasteiger partial charge in [-0.25, -0.2) is 4.98 Å². The molecule has 0 aromatic carbocycles. The molecular weight excluding hydrogens is 224 g/mol. The highest BCUT2D eigenvalue weighted by atomic mass is 79.9. The molecule has 0 spiro atoms. The second-order valence-corrected chi connectivity index (χ2v) is 2.99. The Bertz CT molecular complexity index is 325. The van der Waals surface area contributed by atoms with Crippen LogP contribution in [-0.2, 0) is 0 Å². The molecule has 64 valence electrons. The van der Waals surface area contributed by atoms with Crippen LogP contribution < -0.4 is 11.5 Å². The first kappa shape index (κ1) is 8.79. The van der Waals surface area contributed by atoms with E-state index in [1.54, 1.807) is 6.07 Å². The van der Waals surface area contributed by atoms with E-state index in [-0.39, 0.29) is 11.7 Å². The van der Waals surface area contributed by atoms with Crippen molar-refractivity contribution >= 4 is 27.6 Å². The largest absolute Gasteiger partial charge is 0.409 e. The van der Waals surface area contributed by atoms with Gasteiger partial charge < -0.3 is 16.7 Å². The van der Waals surface area contributed by atoms with E-state index < -0.39 is 0 Å². The molecule has 5 N–H and O–H groups in total. The fraction of sp³-hybridized carbons (Fsp3) is 0. The second kappa shape index (κ2) is 3.40. The lowest BCUT2D eigenvalue weighted by Gasteiger charge is -2.01. The van der Waals surface area contributed by atoms with Crippen LogP contribution in [0.5, 0.6) is 0 Å². The highest BCUT2D eigenvalue weighted by molar-refractivity contribution is 9.10. The van der Waals surface area contributed by atoms with Crippen molar-refractivity contribution in [1.82, 2.24) is 4.98 Å². The molecule has 0 aliphatic carbocycles. The van der Waals surface area contributed by atoms with Gasteiger partial charge in [0.25, 0.3) is 0 Å². The van der Waals surface area contributed by atoms with Crippen molar-refractivity contribution in [2.75, 3.05) is 5.73 Å². The predicted octanol–water partition coefficient (Wildman–Crippen LogP) is 0.521. The Labute approximate surface area is 77.2 Å². The zero-order chi connectivity index (χ0) is 9.14. The molecule has 1 heterocycles. The van der Waals surface area contributed by atoms with Gasteiger partial charge in [-0.15, -0.1) is 0 Å². The molecule has 1 aromatic heterocycles. The minimum atomic E-state index is -0.0544. The van der Waals surface area contributed by atoms with Crippen molar-refractivity contribution in [1.29, 1.82) is 0 Å². The minimum Gasteiger partial charge on any atom is -0.409 e. The van der Waals surface area contributed by atoms with E-state index >= 15 is 0 Å². The first-order valence-electron chi connectivity index (χ1n) is 3.04. The third kappa shape index (κ3) is 1.65. The summed E-state index contributed by atoms with van der Waals surface area (Å²) in [5, 5.41) is 11.2. The van der Waals surface area contributed by atoms with Crippen molar-refractivity contribution < 1.29 is 5.21 Å². The molecular formula is C6H7BrN4O. The lowest BCUT2D eigenvalue weighted by Crippen LogP contribution is -2.16. The summed E-state index contributed by atoms with van der Waals surface area (Å²) in [4.78, 5) is 3.81. The van der Waals surface area contributed by atoms with Crippen LogP contribution in [0.2, 0.25) is 0 Å². The average molecular weight is 231 g/mol. The SMILES string of the molecule is N/C(=N\O)c1cc(Br)cnc1N. The number of amidine groups is 1. The van der Waals surface area contributed by atoms with Gasteiger partial charge in [-0.3, -0.25) is 0 Å². The third-order valence-corrected chi connectivity index (χ3v) is 1.70. The van der Waals surface area contributed by atoms with Gasteiger partial charge >= 0.3 is 0 Å². The molecule has 0 radical (unpaired) electrons. The van der Waals surface area contributed by atoms with Crippen LogP contribution in [0.1, 0.15) is 5.56 Å². The zero-order valence-electron chi connectivity index (χ0n) is 6.03. The van der Waals surface area contributed by atoms with Crippen molar-refractivity contribution in [3.05, 3.63) is 22.3 Å². The summed E-state index contributed by atoms with van der Waals surface area (Å²) in [6, 6.07) is 1.62. The van der Waals surface area contributed by atoms with Crippen LogP contribution >= 0.6 is 15.9 Å². The average Bonchev–Trinajstić information content (AvgIpc) is 2.08. The molecule has 5 nitrogen and oxygen atoms in total. The summed E-state index contributed by atoms with van der Waals surface area (Å²) < 4.78 is 0.721. The Morgan fingerprint density at radius 3 is 2.92 bits per heavy atom. The summed E-state index contributed by atoms with van der Waals surface area (Å²) in [5.74, 6) is 0.176. The molecule has 0 aliphatic rings. The zero-order valence-corrected chi connectivity index (χ0v) is 7.62. The number of nitrogens with zero attached hydrogens (tertiary/aromatic N) is 2. The Morgan fingerprint density at radius 2 is 2.33 bits per heavy atom. The van der Waals surface area contributed by atoms with Crippen LogP contribution in [0.3, 0.4) is 0 Å². The van der Waals surface area contributed by atoms with E-state index in [9.17, 15) is 0 Å². The number of hydrogen-bond donors (Lipinski definition) is 3. The number of anilines is 1. The van der Waals surface area contributed by atoms with Gasteiger partial charge in [0.2, 0.25) is 0 Å². The lowest BCUT2D eigenvalue weighted by molar-refractivity contribution is 0.318. The molecule has 0 unspecified atom stereocenters. The number of hydrogen-bond acceptors (Lipinski definition) is 4. The molecule has 0 bridgehead atoms. The molecule has 1 aromatic rings. The molecule has 0 saturated heterocycles. The fourth-order valence-corrected chi connectivity index (χ4v) is 1.04. The summed E-state index contributed by atoms with van der Waals surface area (Å²) in [5.41, 5.74) is 11.2. The number of halogens is 1. The van der Waals surface area contributed by atoms with E-state index in [1.165, 1.54) is 6.20 Å². The normalized spacial score (nSPS) is 11.6. The van der Waals surface area contributed by atoms with Gasteiger partial charge in [0.05, 0.1) is 5.56 Å². The summed E-state index contributed by atoms with van der Waals surface area (Å²) >= 11 is 3.18. The molecule has 0 saturated carbocycles. The number of oxime groups is 1. The smallest absolute Gasteiger partial charge is 0.173 e. The van der Waals surface area contributed by atoms with Crippen molar-refractivity contribution in [2.45, 2.75) is 0 Å². The number of nitrogen functional groups attached to an aromatic ring is 1. The maximum Gasteiger partial charge on any atom is 0.173 e. The maximum atomic E-state index is 8.37. The summed E-state index contributed by atoms with van der Waals surface area (Å²) in [6.07, 6.45) is 1.53. The highest BCUT2D eigenvalue weighted by Gasteiger charge is 2.05. The molecule has 0 atom stereocenters. The van der Waals surface area contributed by atoms with Crippen molar-refractivity contribution in [2.24, 2.45) is 10.9 Å². The minimum absolute atomic E-state index is 0.0544. The molecule has 0 aliphatic heterocycles. The monoisotopic (exact) mass is 230 g/mol. The highest BCUT2D eigenvalue weighted by Crippen LogP contribution is 2.14. The van der Waals surface area contributed by atoms with E-state index in [4.69, 9.17) is 16.7 Å². The molecule has 6 heteroatoms. The Morgan fingerprint density at radius 1 is 1.67 bits per heavy atom. The van der Waals surface area contributed by atoms with E-state index in [0.29, 0.717) is 5.56 Å².